The molecule has 0 saturated heterocycles. The summed E-state index contributed by atoms with van der Waals surface area (Å²) in [6.45, 7) is 11.9. The summed E-state index contributed by atoms with van der Waals surface area (Å²) in [6, 6.07) is 0. The maximum atomic E-state index is 12.2. The SMILES string of the molecule is CC(C)(C)NC(=O)CC1(CC(=O)NC(C)(C)C)CCCC1. The zero-order chi connectivity index (χ0) is 16.3. The van der Waals surface area contributed by atoms with Crippen LogP contribution in [0.15, 0.2) is 0 Å². The summed E-state index contributed by atoms with van der Waals surface area (Å²) in [7, 11) is 0. The molecule has 4 nitrogen and oxygen atoms in total. The van der Waals surface area contributed by atoms with Crippen molar-refractivity contribution in [3.05, 3.63) is 0 Å². The monoisotopic (exact) mass is 296 g/mol. The Labute approximate surface area is 129 Å². The highest BCUT2D eigenvalue weighted by atomic mass is 16.2. The lowest BCUT2D eigenvalue weighted by Crippen LogP contribution is -2.45. The standard InChI is InChI=1S/C17H32N2O2/c1-15(2,3)18-13(20)11-17(9-7-8-10-17)12-14(21)19-16(4,5)6/h7-12H2,1-6H3,(H,18,20)(H,19,21). The first-order chi connectivity index (χ1) is 9.41. The average molecular weight is 296 g/mol. The van der Waals surface area contributed by atoms with Gasteiger partial charge in [-0.1, -0.05) is 12.8 Å². The van der Waals surface area contributed by atoms with Crippen molar-refractivity contribution in [2.45, 2.75) is 91.1 Å². The predicted molar refractivity (Wildman–Crippen MR) is 85.9 cm³/mol. The molecule has 2 N–H and O–H groups in total. The molecule has 0 aliphatic heterocycles. The normalized spacial score (nSPS) is 18.4. The fourth-order valence-electron chi connectivity index (χ4n) is 3.15. The molecule has 0 heterocycles. The molecule has 0 aromatic heterocycles. The van der Waals surface area contributed by atoms with Crippen LogP contribution in [0.2, 0.25) is 0 Å². The van der Waals surface area contributed by atoms with E-state index in [4.69, 9.17) is 0 Å². The molecule has 122 valence electrons. The highest BCUT2D eigenvalue weighted by Gasteiger charge is 2.38. The molecule has 4 heteroatoms. The molecule has 0 aromatic carbocycles. The topological polar surface area (TPSA) is 58.2 Å². The Balaban J connectivity index is 2.67. The Morgan fingerprint density at radius 3 is 1.43 bits per heavy atom. The zero-order valence-corrected chi connectivity index (χ0v) is 14.6. The number of rotatable bonds is 4. The van der Waals surface area contributed by atoms with Crippen LogP contribution in [0, 0.1) is 5.41 Å². The van der Waals surface area contributed by atoms with E-state index in [1.165, 1.54) is 0 Å². The summed E-state index contributed by atoms with van der Waals surface area (Å²) in [5, 5.41) is 6.04. The minimum Gasteiger partial charge on any atom is -0.351 e. The number of nitrogens with one attached hydrogen (secondary N) is 2. The lowest BCUT2D eigenvalue weighted by Gasteiger charge is -2.31. The third-order valence-electron chi connectivity index (χ3n) is 3.76. The molecule has 0 bridgehead atoms. The van der Waals surface area contributed by atoms with Gasteiger partial charge in [-0.05, 0) is 59.8 Å². The second kappa shape index (κ2) is 6.37. The van der Waals surface area contributed by atoms with Crippen molar-refractivity contribution < 1.29 is 9.59 Å². The van der Waals surface area contributed by atoms with Crippen molar-refractivity contribution >= 4 is 11.8 Å². The highest BCUT2D eigenvalue weighted by Crippen LogP contribution is 2.44. The molecular weight excluding hydrogens is 264 g/mol. The summed E-state index contributed by atoms with van der Waals surface area (Å²) in [5.41, 5.74) is -0.584. The van der Waals surface area contributed by atoms with E-state index in [1.54, 1.807) is 0 Å². The van der Waals surface area contributed by atoms with E-state index in [2.05, 4.69) is 10.6 Å². The van der Waals surface area contributed by atoms with Crippen molar-refractivity contribution in [3.63, 3.8) is 0 Å². The second-order valence-corrected chi connectivity index (χ2v) is 8.66. The molecular formula is C17H32N2O2. The molecule has 0 aromatic rings. The molecule has 0 spiro atoms. The van der Waals surface area contributed by atoms with Gasteiger partial charge in [0.2, 0.25) is 11.8 Å². The fraction of sp³-hybridized carbons (Fsp3) is 0.882. The number of amides is 2. The maximum absolute atomic E-state index is 12.2. The van der Waals surface area contributed by atoms with Crippen LogP contribution in [0.25, 0.3) is 0 Å². The molecule has 1 saturated carbocycles. The highest BCUT2D eigenvalue weighted by molar-refractivity contribution is 5.81. The minimum absolute atomic E-state index is 0.0629. The van der Waals surface area contributed by atoms with Gasteiger partial charge in [0.25, 0.3) is 0 Å². The van der Waals surface area contributed by atoms with Gasteiger partial charge in [-0.3, -0.25) is 9.59 Å². The van der Waals surface area contributed by atoms with Crippen LogP contribution in [0.3, 0.4) is 0 Å². The molecule has 1 aliphatic rings. The number of hydrogen-bond acceptors (Lipinski definition) is 2. The van der Waals surface area contributed by atoms with Gasteiger partial charge in [0.15, 0.2) is 0 Å². The summed E-state index contributed by atoms with van der Waals surface area (Å²) in [5.74, 6) is 0.126. The van der Waals surface area contributed by atoms with Crippen molar-refractivity contribution in [1.29, 1.82) is 0 Å². The number of hydrogen-bond donors (Lipinski definition) is 2. The Morgan fingerprint density at radius 2 is 1.14 bits per heavy atom. The lowest BCUT2D eigenvalue weighted by atomic mass is 9.78. The predicted octanol–water partition coefficient (Wildman–Crippen LogP) is 3.16. The van der Waals surface area contributed by atoms with E-state index in [0.29, 0.717) is 12.8 Å². The van der Waals surface area contributed by atoms with Gasteiger partial charge in [-0.15, -0.1) is 0 Å². The van der Waals surface area contributed by atoms with Crippen LogP contribution in [-0.2, 0) is 9.59 Å². The quantitative estimate of drug-likeness (QED) is 0.837. The van der Waals surface area contributed by atoms with Crippen LogP contribution < -0.4 is 10.6 Å². The molecule has 21 heavy (non-hydrogen) atoms. The van der Waals surface area contributed by atoms with E-state index in [1.807, 2.05) is 41.5 Å². The second-order valence-electron chi connectivity index (χ2n) is 8.66. The smallest absolute Gasteiger partial charge is 0.220 e. The van der Waals surface area contributed by atoms with Gasteiger partial charge in [0.05, 0.1) is 0 Å². The number of carbonyl (C=O) groups excluding carboxylic acids is 2. The molecule has 0 atom stereocenters. The van der Waals surface area contributed by atoms with Crippen LogP contribution >= 0.6 is 0 Å². The van der Waals surface area contributed by atoms with E-state index < -0.39 is 0 Å². The van der Waals surface area contributed by atoms with Gasteiger partial charge in [0.1, 0.15) is 0 Å². The van der Waals surface area contributed by atoms with E-state index in [9.17, 15) is 9.59 Å². The Kier molecular flexibility index (Phi) is 5.46. The zero-order valence-electron chi connectivity index (χ0n) is 14.6. The Morgan fingerprint density at radius 1 is 0.810 bits per heavy atom. The summed E-state index contributed by atoms with van der Waals surface area (Å²) >= 11 is 0. The van der Waals surface area contributed by atoms with Crippen LogP contribution in [-0.4, -0.2) is 22.9 Å². The molecule has 0 radical (unpaired) electrons. The van der Waals surface area contributed by atoms with Crippen LogP contribution in [0.1, 0.15) is 80.1 Å². The van der Waals surface area contributed by atoms with Crippen LogP contribution in [0.4, 0.5) is 0 Å². The largest absolute Gasteiger partial charge is 0.351 e. The molecule has 1 fully saturated rings. The third-order valence-corrected chi connectivity index (χ3v) is 3.76. The molecule has 1 rings (SSSR count). The van der Waals surface area contributed by atoms with Gasteiger partial charge >= 0.3 is 0 Å². The summed E-state index contributed by atoms with van der Waals surface area (Å²) in [4.78, 5) is 24.5. The van der Waals surface area contributed by atoms with E-state index >= 15 is 0 Å². The van der Waals surface area contributed by atoms with Crippen LogP contribution in [0.5, 0.6) is 0 Å². The van der Waals surface area contributed by atoms with Crippen molar-refractivity contribution in [2.75, 3.05) is 0 Å². The first-order valence-corrected chi connectivity index (χ1v) is 8.03. The lowest BCUT2D eigenvalue weighted by molar-refractivity contribution is -0.128. The van der Waals surface area contributed by atoms with E-state index in [-0.39, 0.29) is 28.3 Å². The fourth-order valence-corrected chi connectivity index (χ4v) is 3.15. The molecule has 0 unspecified atom stereocenters. The van der Waals surface area contributed by atoms with E-state index in [0.717, 1.165) is 25.7 Å². The third kappa shape index (κ3) is 6.96. The van der Waals surface area contributed by atoms with Crippen molar-refractivity contribution in [3.8, 4) is 0 Å². The van der Waals surface area contributed by atoms with Crippen molar-refractivity contribution in [2.24, 2.45) is 5.41 Å². The van der Waals surface area contributed by atoms with Gasteiger partial charge < -0.3 is 10.6 Å². The van der Waals surface area contributed by atoms with Gasteiger partial charge in [-0.25, -0.2) is 0 Å². The minimum atomic E-state index is -0.218. The summed E-state index contributed by atoms with van der Waals surface area (Å²) in [6.07, 6.45) is 5.10. The molecule has 1 aliphatic carbocycles. The first kappa shape index (κ1) is 18.0. The number of carbonyl (C=O) groups is 2. The first-order valence-electron chi connectivity index (χ1n) is 8.03. The van der Waals surface area contributed by atoms with Crippen molar-refractivity contribution in [1.82, 2.24) is 10.6 Å². The van der Waals surface area contributed by atoms with Gasteiger partial charge in [-0.2, -0.15) is 0 Å². The Hall–Kier alpha value is -1.06. The maximum Gasteiger partial charge on any atom is 0.220 e. The average Bonchev–Trinajstić information content (AvgIpc) is 2.58. The molecule has 2 amide bonds. The summed E-state index contributed by atoms with van der Waals surface area (Å²) < 4.78 is 0. The Bertz CT molecular complexity index is 351. The van der Waals surface area contributed by atoms with Gasteiger partial charge in [0, 0.05) is 23.9 Å².